The molecule has 2 rings (SSSR count). The normalized spacial score (nSPS) is 9.89. The Morgan fingerprint density at radius 3 is 2.72 bits per heavy atom. The number of nitrogens with zero attached hydrogens (tertiary/aromatic N) is 2. The third-order valence-electron chi connectivity index (χ3n) is 2.59. The first-order valence-corrected chi connectivity index (χ1v) is 5.79. The number of aromatic nitrogens is 1. The zero-order chi connectivity index (χ0) is 13.1. The summed E-state index contributed by atoms with van der Waals surface area (Å²) in [6.45, 7) is 3.76. The Bertz CT molecular complexity index is 632. The zero-order valence-electron chi connectivity index (χ0n) is 10.1. The average molecular weight is 259 g/mol. The number of benzene rings is 1. The van der Waals surface area contributed by atoms with Gasteiger partial charge in [-0.1, -0.05) is 17.7 Å². The molecule has 1 aromatic carbocycles. The summed E-state index contributed by atoms with van der Waals surface area (Å²) >= 11 is 5.92. The van der Waals surface area contributed by atoms with Crippen LogP contribution >= 0.6 is 11.6 Å². The Balaban J connectivity index is 2.44. The highest BCUT2D eigenvalue weighted by atomic mass is 35.5. The standard InChI is InChI=1S/C14H11ClN2O/c1-9-5-6-17-14(12(9)8-16)18-13-7-11(15)4-3-10(13)2/h3-7H,1-2H3. The maximum atomic E-state index is 9.11. The second-order valence-electron chi connectivity index (χ2n) is 3.93. The fraction of sp³-hybridized carbons (Fsp3) is 0.143. The predicted octanol–water partition coefficient (Wildman–Crippen LogP) is 4.02. The van der Waals surface area contributed by atoms with Gasteiger partial charge in [-0.3, -0.25) is 0 Å². The van der Waals surface area contributed by atoms with Crippen molar-refractivity contribution in [3.63, 3.8) is 0 Å². The number of aryl methyl sites for hydroxylation is 2. The number of ether oxygens (including phenoxy) is 1. The molecule has 18 heavy (non-hydrogen) atoms. The summed E-state index contributed by atoms with van der Waals surface area (Å²) in [6.07, 6.45) is 1.62. The van der Waals surface area contributed by atoms with E-state index in [2.05, 4.69) is 11.1 Å². The van der Waals surface area contributed by atoms with Crippen LogP contribution in [0.25, 0.3) is 0 Å². The molecule has 0 aliphatic carbocycles. The van der Waals surface area contributed by atoms with Gasteiger partial charge >= 0.3 is 0 Å². The lowest BCUT2D eigenvalue weighted by Crippen LogP contribution is -1.95. The zero-order valence-corrected chi connectivity index (χ0v) is 10.8. The van der Waals surface area contributed by atoms with Crippen LogP contribution in [0.2, 0.25) is 5.02 Å². The summed E-state index contributed by atoms with van der Waals surface area (Å²) in [5, 5.41) is 9.69. The number of hydrogen-bond donors (Lipinski definition) is 0. The molecule has 90 valence electrons. The molecule has 0 amide bonds. The molecule has 2 aromatic rings. The van der Waals surface area contributed by atoms with E-state index in [0.717, 1.165) is 11.1 Å². The van der Waals surface area contributed by atoms with Gasteiger partial charge in [0.25, 0.3) is 0 Å². The van der Waals surface area contributed by atoms with Crippen molar-refractivity contribution in [1.82, 2.24) is 4.98 Å². The second kappa shape index (κ2) is 5.07. The maximum absolute atomic E-state index is 9.11. The number of hydrogen-bond acceptors (Lipinski definition) is 3. The van der Waals surface area contributed by atoms with Crippen LogP contribution in [0.4, 0.5) is 0 Å². The van der Waals surface area contributed by atoms with Crippen molar-refractivity contribution >= 4 is 11.6 Å². The quantitative estimate of drug-likeness (QED) is 0.817. The SMILES string of the molecule is Cc1ccc(Cl)cc1Oc1nccc(C)c1C#N. The lowest BCUT2D eigenvalue weighted by atomic mass is 10.2. The highest BCUT2D eigenvalue weighted by Gasteiger charge is 2.10. The van der Waals surface area contributed by atoms with Crippen LogP contribution in [-0.2, 0) is 0 Å². The Labute approximate surface area is 111 Å². The van der Waals surface area contributed by atoms with Gasteiger partial charge in [0.05, 0.1) is 0 Å². The molecule has 0 N–H and O–H groups in total. The van der Waals surface area contributed by atoms with Gasteiger partial charge in [-0.15, -0.1) is 0 Å². The predicted molar refractivity (Wildman–Crippen MR) is 70.0 cm³/mol. The molecule has 0 bridgehead atoms. The maximum Gasteiger partial charge on any atom is 0.237 e. The third-order valence-corrected chi connectivity index (χ3v) is 2.83. The van der Waals surface area contributed by atoms with Crippen molar-refractivity contribution in [2.45, 2.75) is 13.8 Å². The minimum atomic E-state index is 0.308. The monoisotopic (exact) mass is 258 g/mol. The lowest BCUT2D eigenvalue weighted by molar-refractivity contribution is 0.457. The van der Waals surface area contributed by atoms with Crippen molar-refractivity contribution in [2.24, 2.45) is 0 Å². The molecule has 0 spiro atoms. The van der Waals surface area contributed by atoms with Crippen LogP contribution in [0.5, 0.6) is 11.6 Å². The first kappa shape index (κ1) is 12.4. The van der Waals surface area contributed by atoms with Crippen LogP contribution in [0.15, 0.2) is 30.5 Å². The second-order valence-corrected chi connectivity index (χ2v) is 4.37. The van der Waals surface area contributed by atoms with E-state index in [1.54, 1.807) is 24.4 Å². The van der Waals surface area contributed by atoms with Crippen molar-refractivity contribution < 1.29 is 4.74 Å². The van der Waals surface area contributed by atoms with Crippen molar-refractivity contribution in [3.8, 4) is 17.7 Å². The Hall–Kier alpha value is -2.05. The van der Waals surface area contributed by atoms with Crippen molar-refractivity contribution in [1.29, 1.82) is 5.26 Å². The van der Waals surface area contributed by atoms with E-state index in [1.165, 1.54) is 0 Å². The number of nitriles is 1. The average Bonchev–Trinajstić information content (AvgIpc) is 2.34. The van der Waals surface area contributed by atoms with Gasteiger partial charge in [0.15, 0.2) is 0 Å². The number of halogens is 1. The molecule has 4 heteroatoms. The van der Waals surface area contributed by atoms with Gasteiger partial charge in [-0.2, -0.15) is 5.26 Å². The summed E-state index contributed by atoms with van der Waals surface area (Å²) in [4.78, 5) is 4.09. The molecule has 1 heterocycles. The smallest absolute Gasteiger partial charge is 0.237 e. The summed E-state index contributed by atoms with van der Waals surface area (Å²) < 4.78 is 5.67. The number of rotatable bonds is 2. The highest BCUT2D eigenvalue weighted by molar-refractivity contribution is 6.30. The molecule has 3 nitrogen and oxygen atoms in total. The van der Waals surface area contributed by atoms with Crippen LogP contribution in [0.1, 0.15) is 16.7 Å². The lowest BCUT2D eigenvalue weighted by Gasteiger charge is -2.10. The van der Waals surface area contributed by atoms with E-state index in [0.29, 0.717) is 22.2 Å². The van der Waals surface area contributed by atoms with Crippen LogP contribution < -0.4 is 4.74 Å². The molecule has 0 atom stereocenters. The summed E-state index contributed by atoms with van der Waals surface area (Å²) in [5.74, 6) is 0.917. The Morgan fingerprint density at radius 2 is 2.00 bits per heavy atom. The van der Waals surface area contributed by atoms with Crippen molar-refractivity contribution in [2.75, 3.05) is 0 Å². The molecular formula is C14H11ClN2O. The summed E-state index contributed by atoms with van der Waals surface area (Å²) in [6, 6.07) is 9.23. The van der Waals surface area contributed by atoms with E-state index in [1.807, 2.05) is 19.9 Å². The van der Waals surface area contributed by atoms with Crippen molar-refractivity contribution in [3.05, 3.63) is 52.2 Å². The van der Waals surface area contributed by atoms with Crippen LogP contribution in [-0.4, -0.2) is 4.98 Å². The Morgan fingerprint density at radius 1 is 1.22 bits per heavy atom. The highest BCUT2D eigenvalue weighted by Crippen LogP contribution is 2.29. The van der Waals surface area contributed by atoms with Gasteiger partial charge in [-0.25, -0.2) is 4.98 Å². The molecule has 0 aliphatic heterocycles. The van der Waals surface area contributed by atoms with Gasteiger partial charge in [-0.05, 0) is 43.2 Å². The molecule has 0 aliphatic rings. The molecule has 0 unspecified atom stereocenters. The first-order valence-electron chi connectivity index (χ1n) is 5.41. The van der Waals surface area contributed by atoms with E-state index in [4.69, 9.17) is 21.6 Å². The topological polar surface area (TPSA) is 45.9 Å². The van der Waals surface area contributed by atoms with Gasteiger partial charge < -0.3 is 4.74 Å². The van der Waals surface area contributed by atoms with E-state index in [-0.39, 0.29) is 0 Å². The summed E-state index contributed by atoms with van der Waals surface area (Å²) in [7, 11) is 0. The molecular weight excluding hydrogens is 248 g/mol. The molecule has 0 radical (unpaired) electrons. The summed E-state index contributed by atoms with van der Waals surface area (Å²) in [5.41, 5.74) is 2.21. The Kier molecular flexibility index (Phi) is 3.50. The number of pyridine rings is 1. The minimum absolute atomic E-state index is 0.308. The van der Waals surface area contributed by atoms with Crippen LogP contribution in [0.3, 0.4) is 0 Å². The van der Waals surface area contributed by atoms with Gasteiger partial charge in [0.1, 0.15) is 17.4 Å². The molecule has 1 aromatic heterocycles. The third kappa shape index (κ3) is 2.44. The van der Waals surface area contributed by atoms with Gasteiger partial charge in [0.2, 0.25) is 5.88 Å². The van der Waals surface area contributed by atoms with Gasteiger partial charge in [0, 0.05) is 11.2 Å². The van der Waals surface area contributed by atoms with E-state index >= 15 is 0 Å². The van der Waals surface area contributed by atoms with E-state index < -0.39 is 0 Å². The van der Waals surface area contributed by atoms with E-state index in [9.17, 15) is 0 Å². The molecule has 0 saturated heterocycles. The fourth-order valence-electron chi connectivity index (χ4n) is 1.53. The minimum Gasteiger partial charge on any atom is -0.437 e. The molecule has 0 fully saturated rings. The molecule has 0 saturated carbocycles. The van der Waals surface area contributed by atoms with Crippen LogP contribution in [0, 0.1) is 25.2 Å². The fourth-order valence-corrected chi connectivity index (χ4v) is 1.70. The largest absolute Gasteiger partial charge is 0.437 e. The first-order chi connectivity index (χ1) is 8.61.